The fourth-order valence-corrected chi connectivity index (χ4v) is 14.4. The molecule has 520 valence electrons. The smallest absolute Gasteiger partial charge is 0.407 e. The van der Waals surface area contributed by atoms with Gasteiger partial charge >= 0.3 is 6.09 Å². The van der Waals surface area contributed by atoms with Crippen LogP contribution in [0.2, 0.25) is 0 Å². The molecule has 16 nitrogen and oxygen atoms in total. The number of rotatable bonds is 21. The molecule has 4 radical (unpaired) electrons. The van der Waals surface area contributed by atoms with Crippen molar-refractivity contribution in [2.45, 2.75) is 68.6 Å². The second-order valence-electron chi connectivity index (χ2n) is 26.2. The number of aromatic amines is 4. The zero-order valence-electron chi connectivity index (χ0n) is 58.2. The highest BCUT2D eigenvalue weighted by molar-refractivity contribution is 6.75. The van der Waals surface area contributed by atoms with Crippen molar-refractivity contribution in [3.63, 3.8) is 0 Å². The van der Waals surface area contributed by atoms with Crippen molar-refractivity contribution in [2.24, 2.45) is 5.92 Å². The Bertz CT molecular complexity index is 5230. The number of fused-ring (bicyclic) bond motifs is 7. The van der Waals surface area contributed by atoms with Crippen LogP contribution in [-0.4, -0.2) is 101 Å². The molecule has 105 heavy (non-hydrogen) atoms. The van der Waals surface area contributed by atoms with Gasteiger partial charge in [0.1, 0.15) is 30.3 Å². The molecular weight excluding hydrogens is 1300 g/mol. The van der Waals surface area contributed by atoms with E-state index in [1.807, 2.05) is 176 Å². The topological polar surface area (TPSA) is 227 Å². The molecule has 0 saturated carbocycles. The molecule has 1 fully saturated rings. The first kappa shape index (κ1) is 71.1. The maximum absolute atomic E-state index is 14.6. The Morgan fingerprint density at radius 1 is 0.467 bits per heavy atom. The molecule has 0 spiro atoms. The minimum atomic E-state index is -0.947. The molecule has 1 aliphatic carbocycles. The number of piperidine rings is 1. The number of benzene rings is 10. The highest BCUT2D eigenvalue weighted by Gasteiger charge is 2.33. The third kappa shape index (κ3) is 17.0. The van der Waals surface area contributed by atoms with E-state index >= 15 is 0 Å². The molecule has 0 bridgehead atoms. The van der Waals surface area contributed by atoms with Crippen molar-refractivity contribution >= 4 is 82.6 Å². The number of imidazole rings is 2. The van der Waals surface area contributed by atoms with Crippen LogP contribution in [0, 0.1) is 5.92 Å². The molecule has 18 heteroatoms. The molecule has 9 N–H and O–H groups in total. The highest BCUT2D eigenvalue weighted by atomic mass is 16.5. The average molecular weight is 1380 g/mol. The number of hydrogen-bond donors (Lipinski definition) is 9. The molecule has 16 rings (SSSR count). The van der Waals surface area contributed by atoms with Gasteiger partial charge in [0.25, 0.3) is 0 Å². The van der Waals surface area contributed by atoms with Crippen LogP contribution in [0.15, 0.2) is 281 Å². The van der Waals surface area contributed by atoms with E-state index in [-0.39, 0.29) is 42.6 Å². The third-order valence-electron chi connectivity index (χ3n) is 19.7. The number of amides is 4. The quantitative estimate of drug-likeness (QED) is 0.0248. The minimum Gasteiger partial charge on any atom is -0.449 e. The number of H-pyrrole nitrogens is 4. The van der Waals surface area contributed by atoms with Crippen LogP contribution in [-0.2, 0) is 44.8 Å². The molecule has 4 atom stereocenters. The van der Waals surface area contributed by atoms with E-state index < -0.39 is 30.3 Å². The van der Waals surface area contributed by atoms with E-state index in [4.69, 9.17) is 14.7 Å². The van der Waals surface area contributed by atoms with Gasteiger partial charge in [-0.25, -0.2) is 14.8 Å². The number of para-hydroxylation sites is 2. The molecule has 2 aliphatic rings. The van der Waals surface area contributed by atoms with E-state index in [0.717, 1.165) is 136 Å². The fraction of sp³-hybridized carbons (Fsp3) is 0.172. The van der Waals surface area contributed by atoms with Crippen LogP contribution >= 0.6 is 0 Å². The molecular formula is C87H81B2N11O5. The molecule has 0 unspecified atom stereocenters. The van der Waals surface area contributed by atoms with Crippen LogP contribution in [0.4, 0.5) is 4.79 Å². The number of alkyl carbamates (subject to hydrolysis) is 1. The number of carbonyl (C=O) groups excluding carboxylic acids is 4. The number of carbonyl (C=O) groups is 4. The van der Waals surface area contributed by atoms with E-state index in [0.29, 0.717) is 30.9 Å². The number of nitrogens with zero attached hydrogens (tertiary/aromatic N) is 2. The number of hydrogen-bond acceptors (Lipinski definition) is 8. The van der Waals surface area contributed by atoms with Gasteiger partial charge in [0.05, 0.1) is 35.9 Å². The second-order valence-corrected chi connectivity index (χ2v) is 26.2. The number of aromatic nitrogens is 6. The summed E-state index contributed by atoms with van der Waals surface area (Å²) >= 11 is 0. The normalized spacial score (nSPS) is 13.6. The standard InChI is InChI=1S/C47H39N5O3.C38H38N6O2.C2H4.B2/c53-46(51-42(25-30-22-23-31-12-4-5-15-33(31)24-30)45-49-28-44(50-45)32-13-2-1-3-14-32)43(26-34-27-48-41-21-11-10-16-35(34)41)52-47(54)55-29-40-38-19-8-6-17-36(38)37-18-7-9-20-39(37)40;45-37(28-16-18-39-19-17-28)44-34(22-30-23-40-32-13-7-6-12-31(30)32)38(46)43-33(21-25-14-15-26-8-4-5-11-29(26)20-25)36-41-24-35(42-36)27-9-2-1-3-10-27;2*1-2/h1-24,27-28,40,42-43,48H,25-26,29H2,(H,49,50)(H,51,53)(H,52,54);1-15,20,23-24,28,33-34,39-40H,16-19,21-22H2,(H,41,42)(H,43,46)(H,44,45);1-2H2;/t42-,43-;33-,34-;;/m11../s1. The summed E-state index contributed by atoms with van der Waals surface area (Å²) in [6, 6.07) is 78.9. The van der Waals surface area contributed by atoms with E-state index in [1.165, 1.54) is 0 Å². The van der Waals surface area contributed by atoms with Crippen molar-refractivity contribution in [1.82, 2.24) is 56.5 Å². The van der Waals surface area contributed by atoms with Gasteiger partial charge in [-0.2, -0.15) is 0 Å². The van der Waals surface area contributed by atoms with Gasteiger partial charge in [0.2, 0.25) is 17.7 Å². The number of ether oxygens (including phenoxy) is 1. The van der Waals surface area contributed by atoms with Gasteiger partial charge in [0, 0.05) is 74.4 Å². The Balaban J connectivity index is 0.000000181. The molecule has 14 aromatic rings. The lowest BCUT2D eigenvalue weighted by Crippen LogP contribution is -2.51. The Morgan fingerprint density at radius 2 is 0.886 bits per heavy atom. The molecule has 4 amide bonds. The van der Waals surface area contributed by atoms with Gasteiger partial charge in [-0.05, 0) is 128 Å². The first-order valence-corrected chi connectivity index (χ1v) is 35.5. The molecule has 4 aromatic heterocycles. The molecule has 10 aromatic carbocycles. The van der Waals surface area contributed by atoms with Crippen LogP contribution in [0.25, 0.3) is 77.0 Å². The first-order chi connectivity index (χ1) is 51.7. The summed E-state index contributed by atoms with van der Waals surface area (Å²) in [5.74, 6) is 0.396. The Kier molecular flexibility index (Phi) is 23.1. The summed E-state index contributed by atoms with van der Waals surface area (Å²) in [5, 5.41) is 22.6. The van der Waals surface area contributed by atoms with Crippen molar-refractivity contribution in [3.05, 3.63) is 326 Å². The summed E-state index contributed by atoms with van der Waals surface area (Å²) < 4.78 is 5.95. The van der Waals surface area contributed by atoms with Crippen molar-refractivity contribution in [2.75, 3.05) is 19.7 Å². The summed E-state index contributed by atoms with van der Waals surface area (Å²) in [5.41, 5.74) is 14.2. The maximum Gasteiger partial charge on any atom is 0.407 e. The van der Waals surface area contributed by atoms with Crippen molar-refractivity contribution < 1.29 is 23.9 Å². The molecule has 5 heterocycles. The lowest BCUT2D eigenvalue weighted by Gasteiger charge is -2.26. The minimum absolute atomic E-state index is 0.0723. The van der Waals surface area contributed by atoms with Gasteiger partial charge in [-0.3, -0.25) is 14.4 Å². The zero-order chi connectivity index (χ0) is 72.4. The second kappa shape index (κ2) is 34.1. The van der Waals surface area contributed by atoms with Gasteiger partial charge < -0.3 is 51.3 Å². The SMILES string of the molecule is C=C.O=C(N[C@H](Cc1c[nH]c2ccccc12)C(=O)N[C@H](Cc1ccc2ccccc2c1)c1ncc(-c2ccccc2)[nH]1)C1CCNCC1.O=C(N[C@H](Cc1c[nH]c2ccccc12)C(=O)N[C@H](Cc1ccc2ccccc2c1)c1ncc(-c2ccccc2)[nH]1)OCC1c2ccccc2-c2ccccc21.[B][B]. The largest absolute Gasteiger partial charge is 0.449 e. The van der Waals surface area contributed by atoms with E-state index in [1.54, 1.807) is 6.20 Å². The van der Waals surface area contributed by atoms with Crippen LogP contribution in [0.1, 0.15) is 75.9 Å². The lowest BCUT2D eigenvalue weighted by molar-refractivity contribution is -0.132. The predicted molar refractivity (Wildman–Crippen MR) is 421 cm³/mol. The Morgan fingerprint density at radius 3 is 1.37 bits per heavy atom. The monoisotopic (exact) mass is 1380 g/mol. The third-order valence-corrected chi connectivity index (χ3v) is 19.7. The Hall–Kier alpha value is -12.3. The van der Waals surface area contributed by atoms with Crippen molar-refractivity contribution in [1.29, 1.82) is 0 Å². The summed E-state index contributed by atoms with van der Waals surface area (Å²) in [7, 11) is 8.00. The lowest BCUT2D eigenvalue weighted by atomic mass is 9.81. The zero-order valence-corrected chi connectivity index (χ0v) is 58.2. The van der Waals surface area contributed by atoms with E-state index in [2.05, 4.69) is 160 Å². The maximum atomic E-state index is 14.6. The van der Waals surface area contributed by atoms with Gasteiger partial charge in [0.15, 0.2) is 0 Å². The first-order valence-electron chi connectivity index (χ1n) is 35.5. The Labute approximate surface area is 613 Å². The van der Waals surface area contributed by atoms with Crippen LogP contribution < -0.4 is 26.6 Å². The highest BCUT2D eigenvalue weighted by Crippen LogP contribution is 2.44. The van der Waals surface area contributed by atoms with Crippen LogP contribution in [0.5, 0.6) is 0 Å². The predicted octanol–water partition coefficient (Wildman–Crippen LogP) is 15.1. The van der Waals surface area contributed by atoms with E-state index in [9.17, 15) is 19.2 Å². The fourth-order valence-electron chi connectivity index (χ4n) is 14.4. The molecule has 1 saturated heterocycles. The van der Waals surface area contributed by atoms with Gasteiger partial charge in [-0.1, -0.05) is 231 Å². The summed E-state index contributed by atoms with van der Waals surface area (Å²) in [6.45, 7) is 7.74. The summed E-state index contributed by atoms with van der Waals surface area (Å²) in [4.78, 5) is 79.1. The van der Waals surface area contributed by atoms with Crippen LogP contribution in [0.3, 0.4) is 0 Å². The van der Waals surface area contributed by atoms with Crippen molar-refractivity contribution in [3.8, 4) is 33.6 Å². The summed E-state index contributed by atoms with van der Waals surface area (Å²) in [6.07, 6.45) is 9.91. The van der Waals surface area contributed by atoms with Gasteiger partial charge in [-0.15, -0.1) is 13.2 Å². The molecule has 1 aliphatic heterocycles. The average Bonchev–Trinajstić information content (AvgIpc) is 1.62. The number of nitrogens with one attached hydrogen (secondary N) is 9.